The van der Waals surface area contributed by atoms with Crippen molar-refractivity contribution >= 4 is 11.6 Å². The number of aryl methyl sites for hydroxylation is 2. The van der Waals surface area contributed by atoms with Gasteiger partial charge in [0.1, 0.15) is 0 Å². The van der Waals surface area contributed by atoms with Gasteiger partial charge in [-0.3, -0.25) is 4.79 Å². The number of benzene rings is 2. The number of amides is 1. The van der Waals surface area contributed by atoms with E-state index in [0.717, 1.165) is 38.0 Å². The largest absolute Gasteiger partial charge is 0.384 e. The smallest absolute Gasteiger partial charge is 0.224 e. The van der Waals surface area contributed by atoms with Gasteiger partial charge < -0.3 is 10.2 Å². The molecule has 1 N–H and O–H groups in total. The van der Waals surface area contributed by atoms with Gasteiger partial charge in [0, 0.05) is 31.7 Å². The maximum absolute atomic E-state index is 12.5. The maximum atomic E-state index is 12.5. The van der Waals surface area contributed by atoms with E-state index in [9.17, 15) is 4.79 Å². The van der Waals surface area contributed by atoms with Crippen LogP contribution in [-0.2, 0) is 11.2 Å². The molecular formula is C23H30N2O. The van der Waals surface area contributed by atoms with Crippen molar-refractivity contribution in [1.29, 1.82) is 0 Å². The zero-order valence-electron chi connectivity index (χ0n) is 16.0. The molecule has 0 saturated carbocycles. The van der Waals surface area contributed by atoms with Gasteiger partial charge in [0.05, 0.1) is 0 Å². The zero-order valence-corrected chi connectivity index (χ0v) is 16.0. The monoisotopic (exact) mass is 350 g/mol. The Kier molecular flexibility index (Phi) is 6.32. The molecular weight excluding hydrogens is 320 g/mol. The first-order valence-electron chi connectivity index (χ1n) is 9.74. The first-order valence-corrected chi connectivity index (χ1v) is 9.74. The zero-order chi connectivity index (χ0) is 18.4. The minimum atomic E-state index is 0.278. The lowest BCUT2D eigenvalue weighted by atomic mass is 9.90. The van der Waals surface area contributed by atoms with Gasteiger partial charge in [0.15, 0.2) is 0 Å². The molecule has 0 unspecified atom stereocenters. The van der Waals surface area contributed by atoms with Gasteiger partial charge in [-0.2, -0.15) is 0 Å². The normalized spacial score (nSPS) is 15.1. The van der Waals surface area contributed by atoms with E-state index < -0.39 is 0 Å². The van der Waals surface area contributed by atoms with Crippen LogP contribution in [0.4, 0.5) is 5.69 Å². The lowest BCUT2D eigenvalue weighted by molar-refractivity contribution is -0.132. The van der Waals surface area contributed by atoms with Gasteiger partial charge in [0.25, 0.3) is 0 Å². The number of anilines is 1. The lowest BCUT2D eigenvalue weighted by Gasteiger charge is -2.32. The topological polar surface area (TPSA) is 32.3 Å². The standard InChI is InChI=1S/C23H30N2O/c1-18-8-9-22(19(2)16-18)24-13-10-23(26)25-14-11-21(12-15-25)17-20-6-4-3-5-7-20/h3-9,16,21,24H,10-15,17H2,1-2H3. The van der Waals surface area contributed by atoms with E-state index in [1.54, 1.807) is 0 Å². The van der Waals surface area contributed by atoms with Gasteiger partial charge in [-0.05, 0) is 56.2 Å². The number of likely N-dealkylation sites (tertiary alicyclic amines) is 1. The fraction of sp³-hybridized carbons (Fsp3) is 0.435. The Bertz CT molecular complexity index is 718. The van der Waals surface area contributed by atoms with Crippen LogP contribution in [0.15, 0.2) is 48.5 Å². The summed E-state index contributed by atoms with van der Waals surface area (Å²) >= 11 is 0. The molecule has 3 nitrogen and oxygen atoms in total. The molecule has 1 fully saturated rings. The average molecular weight is 351 g/mol. The number of rotatable bonds is 6. The molecule has 3 heteroatoms. The fourth-order valence-corrected chi connectivity index (χ4v) is 3.81. The van der Waals surface area contributed by atoms with Crippen molar-refractivity contribution in [2.75, 3.05) is 25.0 Å². The van der Waals surface area contributed by atoms with Crippen LogP contribution < -0.4 is 5.32 Å². The van der Waals surface area contributed by atoms with Crippen LogP contribution in [0.1, 0.15) is 36.0 Å². The molecule has 1 saturated heterocycles. The van der Waals surface area contributed by atoms with Crippen LogP contribution in [0.5, 0.6) is 0 Å². The van der Waals surface area contributed by atoms with Crippen molar-refractivity contribution in [3.05, 3.63) is 65.2 Å². The highest BCUT2D eigenvalue weighted by atomic mass is 16.2. The summed E-state index contributed by atoms with van der Waals surface area (Å²) in [5.41, 5.74) is 5.04. The molecule has 0 aliphatic carbocycles. The molecule has 0 spiro atoms. The summed E-state index contributed by atoms with van der Waals surface area (Å²) in [5, 5.41) is 3.40. The molecule has 0 atom stereocenters. The van der Waals surface area contributed by atoms with Crippen LogP contribution in [0.25, 0.3) is 0 Å². The molecule has 1 heterocycles. The third kappa shape index (κ3) is 5.10. The Hall–Kier alpha value is -2.29. The number of nitrogens with one attached hydrogen (secondary N) is 1. The highest BCUT2D eigenvalue weighted by molar-refractivity contribution is 5.76. The quantitative estimate of drug-likeness (QED) is 0.826. The third-order valence-electron chi connectivity index (χ3n) is 5.37. The van der Waals surface area contributed by atoms with Crippen molar-refractivity contribution in [1.82, 2.24) is 4.90 Å². The molecule has 0 radical (unpaired) electrons. The number of carbonyl (C=O) groups is 1. The third-order valence-corrected chi connectivity index (χ3v) is 5.37. The van der Waals surface area contributed by atoms with E-state index in [0.29, 0.717) is 18.9 Å². The second-order valence-electron chi connectivity index (χ2n) is 7.51. The second kappa shape index (κ2) is 8.88. The predicted molar refractivity (Wildman–Crippen MR) is 108 cm³/mol. The highest BCUT2D eigenvalue weighted by Gasteiger charge is 2.22. The molecule has 1 aliphatic heterocycles. The van der Waals surface area contributed by atoms with Crippen LogP contribution >= 0.6 is 0 Å². The summed E-state index contributed by atoms with van der Waals surface area (Å²) in [7, 11) is 0. The molecule has 138 valence electrons. The molecule has 0 bridgehead atoms. The second-order valence-corrected chi connectivity index (χ2v) is 7.51. The van der Waals surface area contributed by atoms with Gasteiger partial charge in [0.2, 0.25) is 5.91 Å². The Morgan fingerprint density at radius 1 is 1.08 bits per heavy atom. The predicted octanol–water partition coefficient (Wildman–Crippen LogP) is 4.59. The van der Waals surface area contributed by atoms with Crippen molar-refractivity contribution in [2.45, 2.75) is 39.5 Å². The molecule has 26 heavy (non-hydrogen) atoms. The number of hydrogen-bond acceptors (Lipinski definition) is 2. The van der Waals surface area contributed by atoms with E-state index in [1.165, 1.54) is 16.7 Å². The maximum Gasteiger partial charge on any atom is 0.224 e. The molecule has 1 amide bonds. The van der Waals surface area contributed by atoms with E-state index in [1.807, 2.05) is 4.90 Å². The fourth-order valence-electron chi connectivity index (χ4n) is 3.81. The van der Waals surface area contributed by atoms with E-state index in [-0.39, 0.29) is 5.91 Å². The number of carbonyl (C=O) groups excluding carboxylic acids is 1. The van der Waals surface area contributed by atoms with Crippen LogP contribution in [0.3, 0.4) is 0 Å². The Morgan fingerprint density at radius 2 is 1.81 bits per heavy atom. The summed E-state index contributed by atoms with van der Waals surface area (Å²) in [6.45, 7) is 6.71. The van der Waals surface area contributed by atoms with E-state index in [2.05, 4.69) is 67.7 Å². The van der Waals surface area contributed by atoms with Crippen LogP contribution in [-0.4, -0.2) is 30.4 Å². The first kappa shape index (κ1) is 18.5. The SMILES string of the molecule is Cc1ccc(NCCC(=O)N2CCC(Cc3ccccc3)CC2)c(C)c1. The summed E-state index contributed by atoms with van der Waals surface area (Å²) in [6.07, 6.45) is 3.93. The van der Waals surface area contributed by atoms with E-state index >= 15 is 0 Å². The van der Waals surface area contributed by atoms with Gasteiger partial charge >= 0.3 is 0 Å². The van der Waals surface area contributed by atoms with E-state index in [4.69, 9.17) is 0 Å². The van der Waals surface area contributed by atoms with Crippen molar-refractivity contribution in [3.63, 3.8) is 0 Å². The number of nitrogens with zero attached hydrogens (tertiary/aromatic N) is 1. The Morgan fingerprint density at radius 3 is 2.50 bits per heavy atom. The van der Waals surface area contributed by atoms with Gasteiger partial charge in [-0.1, -0.05) is 48.0 Å². The molecule has 2 aromatic rings. The summed E-state index contributed by atoms with van der Waals surface area (Å²) in [4.78, 5) is 14.5. The summed E-state index contributed by atoms with van der Waals surface area (Å²) < 4.78 is 0. The van der Waals surface area contributed by atoms with Crippen molar-refractivity contribution in [3.8, 4) is 0 Å². The molecule has 3 rings (SSSR count). The minimum Gasteiger partial charge on any atom is -0.384 e. The number of hydrogen-bond donors (Lipinski definition) is 1. The van der Waals surface area contributed by atoms with Crippen molar-refractivity contribution < 1.29 is 4.79 Å². The Labute approximate surface area is 157 Å². The summed E-state index contributed by atoms with van der Waals surface area (Å²) in [6, 6.07) is 17.1. The lowest BCUT2D eigenvalue weighted by Crippen LogP contribution is -2.39. The van der Waals surface area contributed by atoms with Gasteiger partial charge in [-0.25, -0.2) is 0 Å². The van der Waals surface area contributed by atoms with Gasteiger partial charge in [-0.15, -0.1) is 0 Å². The first-order chi connectivity index (χ1) is 12.6. The number of piperidine rings is 1. The average Bonchev–Trinajstić information content (AvgIpc) is 2.65. The Balaban J connectivity index is 1.39. The summed E-state index contributed by atoms with van der Waals surface area (Å²) in [5.74, 6) is 0.982. The highest BCUT2D eigenvalue weighted by Crippen LogP contribution is 2.22. The molecule has 2 aromatic carbocycles. The molecule has 1 aliphatic rings. The van der Waals surface area contributed by atoms with Crippen molar-refractivity contribution in [2.24, 2.45) is 5.92 Å². The molecule has 0 aromatic heterocycles. The minimum absolute atomic E-state index is 0.278. The van der Waals surface area contributed by atoms with Crippen LogP contribution in [0.2, 0.25) is 0 Å². The van der Waals surface area contributed by atoms with Crippen LogP contribution in [0, 0.1) is 19.8 Å².